The van der Waals surface area contributed by atoms with Gasteiger partial charge in [-0.2, -0.15) is 11.8 Å². The van der Waals surface area contributed by atoms with Crippen LogP contribution in [-0.2, 0) is 6.54 Å². The van der Waals surface area contributed by atoms with Crippen LogP contribution in [0.2, 0.25) is 5.02 Å². The first-order valence-corrected chi connectivity index (χ1v) is 7.96. The van der Waals surface area contributed by atoms with E-state index in [1.807, 2.05) is 11.8 Å². The van der Waals surface area contributed by atoms with Gasteiger partial charge in [-0.25, -0.2) is 4.39 Å². The van der Waals surface area contributed by atoms with E-state index in [0.29, 0.717) is 16.9 Å². The molecule has 0 radical (unpaired) electrons. The molecule has 18 heavy (non-hydrogen) atoms. The zero-order valence-corrected chi connectivity index (χ0v) is 12.2. The molecular formula is C14H19ClFNS. The number of hydrogen-bond acceptors (Lipinski definition) is 2. The lowest BCUT2D eigenvalue weighted by molar-refractivity contribution is 0.521. The van der Waals surface area contributed by atoms with Crippen molar-refractivity contribution in [3.8, 4) is 0 Å². The monoisotopic (exact) mass is 287 g/mol. The molecule has 0 heterocycles. The van der Waals surface area contributed by atoms with Gasteiger partial charge in [0.2, 0.25) is 0 Å². The van der Waals surface area contributed by atoms with Crippen LogP contribution in [0, 0.1) is 5.82 Å². The van der Waals surface area contributed by atoms with E-state index >= 15 is 0 Å². The smallest absolute Gasteiger partial charge is 0.146 e. The van der Waals surface area contributed by atoms with Crippen molar-refractivity contribution in [2.24, 2.45) is 0 Å². The summed E-state index contributed by atoms with van der Waals surface area (Å²) in [5, 5.41) is 3.59. The van der Waals surface area contributed by atoms with E-state index in [0.717, 1.165) is 6.54 Å². The molecule has 0 saturated heterocycles. The van der Waals surface area contributed by atoms with Crippen molar-refractivity contribution in [2.45, 2.75) is 37.0 Å². The number of halogens is 2. The van der Waals surface area contributed by atoms with Gasteiger partial charge in [0, 0.05) is 23.4 Å². The van der Waals surface area contributed by atoms with E-state index in [2.05, 4.69) is 11.6 Å². The molecular weight excluding hydrogens is 269 g/mol. The molecule has 1 aromatic carbocycles. The molecule has 1 fully saturated rings. The molecule has 1 N–H and O–H groups in total. The SMILES string of the molecule is CSC1(CNCc2cccc(Cl)c2F)CCCC1. The summed E-state index contributed by atoms with van der Waals surface area (Å²) < 4.78 is 14.1. The first-order chi connectivity index (χ1) is 8.67. The third-order valence-electron chi connectivity index (χ3n) is 3.74. The number of benzene rings is 1. The molecule has 1 aliphatic rings. The maximum atomic E-state index is 13.7. The Labute approximate surface area is 117 Å². The van der Waals surface area contributed by atoms with E-state index in [4.69, 9.17) is 11.6 Å². The second kappa shape index (κ2) is 6.27. The Morgan fingerprint density at radius 2 is 2.11 bits per heavy atom. The van der Waals surface area contributed by atoms with Gasteiger partial charge in [-0.05, 0) is 25.2 Å². The summed E-state index contributed by atoms with van der Waals surface area (Å²) in [6, 6.07) is 5.16. The van der Waals surface area contributed by atoms with Crippen LogP contribution in [0.15, 0.2) is 18.2 Å². The third-order valence-corrected chi connectivity index (χ3v) is 5.45. The van der Waals surface area contributed by atoms with Crippen LogP contribution < -0.4 is 5.32 Å². The summed E-state index contributed by atoms with van der Waals surface area (Å²) in [6.45, 7) is 1.49. The van der Waals surface area contributed by atoms with Crippen molar-refractivity contribution in [3.05, 3.63) is 34.6 Å². The van der Waals surface area contributed by atoms with E-state index in [9.17, 15) is 4.39 Å². The van der Waals surface area contributed by atoms with Gasteiger partial charge in [0.1, 0.15) is 5.82 Å². The van der Waals surface area contributed by atoms with Gasteiger partial charge < -0.3 is 5.32 Å². The minimum atomic E-state index is -0.295. The molecule has 0 amide bonds. The van der Waals surface area contributed by atoms with E-state index in [-0.39, 0.29) is 10.8 Å². The first kappa shape index (κ1) is 14.2. The van der Waals surface area contributed by atoms with Crippen molar-refractivity contribution in [1.29, 1.82) is 0 Å². The first-order valence-electron chi connectivity index (χ1n) is 6.36. The highest BCUT2D eigenvalue weighted by Crippen LogP contribution is 2.39. The van der Waals surface area contributed by atoms with Crippen molar-refractivity contribution < 1.29 is 4.39 Å². The fraction of sp³-hybridized carbons (Fsp3) is 0.571. The third kappa shape index (κ3) is 3.19. The summed E-state index contributed by atoms with van der Waals surface area (Å²) >= 11 is 7.71. The van der Waals surface area contributed by atoms with Crippen LogP contribution in [0.4, 0.5) is 4.39 Å². The molecule has 0 unspecified atom stereocenters. The Morgan fingerprint density at radius 1 is 1.39 bits per heavy atom. The minimum Gasteiger partial charge on any atom is -0.311 e. The number of hydrogen-bond donors (Lipinski definition) is 1. The average Bonchev–Trinajstić information content (AvgIpc) is 2.84. The zero-order chi connectivity index (χ0) is 13.0. The molecule has 0 aliphatic heterocycles. The van der Waals surface area contributed by atoms with Gasteiger partial charge in [0.05, 0.1) is 5.02 Å². The predicted octanol–water partition coefficient (Wildman–Crippen LogP) is 4.24. The van der Waals surface area contributed by atoms with Crippen LogP contribution in [0.5, 0.6) is 0 Å². The lowest BCUT2D eigenvalue weighted by Gasteiger charge is -2.27. The number of nitrogens with one attached hydrogen (secondary N) is 1. The Kier molecular flexibility index (Phi) is 4.93. The fourth-order valence-electron chi connectivity index (χ4n) is 2.58. The average molecular weight is 288 g/mol. The summed E-state index contributed by atoms with van der Waals surface area (Å²) in [5.41, 5.74) is 0.650. The predicted molar refractivity (Wildman–Crippen MR) is 77.8 cm³/mol. The van der Waals surface area contributed by atoms with Crippen molar-refractivity contribution in [1.82, 2.24) is 5.32 Å². The highest BCUT2D eigenvalue weighted by Gasteiger charge is 2.32. The summed E-state index contributed by atoms with van der Waals surface area (Å²) in [7, 11) is 0. The van der Waals surface area contributed by atoms with Gasteiger partial charge in [0.25, 0.3) is 0 Å². The van der Waals surface area contributed by atoms with E-state index < -0.39 is 0 Å². The van der Waals surface area contributed by atoms with Crippen LogP contribution in [0.3, 0.4) is 0 Å². The van der Waals surface area contributed by atoms with Crippen molar-refractivity contribution in [2.75, 3.05) is 12.8 Å². The zero-order valence-electron chi connectivity index (χ0n) is 10.6. The van der Waals surface area contributed by atoms with Crippen molar-refractivity contribution in [3.63, 3.8) is 0 Å². The molecule has 1 saturated carbocycles. The van der Waals surface area contributed by atoms with E-state index in [1.54, 1.807) is 18.2 Å². The van der Waals surface area contributed by atoms with Gasteiger partial charge >= 0.3 is 0 Å². The Balaban J connectivity index is 1.90. The van der Waals surface area contributed by atoms with Crippen LogP contribution in [-0.4, -0.2) is 17.5 Å². The second-order valence-corrected chi connectivity index (χ2v) is 6.59. The number of thioether (sulfide) groups is 1. The molecule has 0 atom stereocenters. The molecule has 100 valence electrons. The lowest BCUT2D eigenvalue weighted by atomic mass is 10.1. The maximum absolute atomic E-state index is 13.7. The fourth-order valence-corrected chi connectivity index (χ4v) is 3.72. The highest BCUT2D eigenvalue weighted by molar-refractivity contribution is 8.00. The van der Waals surface area contributed by atoms with Crippen molar-refractivity contribution >= 4 is 23.4 Å². The molecule has 1 nitrogen and oxygen atoms in total. The maximum Gasteiger partial charge on any atom is 0.146 e. The molecule has 0 aromatic heterocycles. The topological polar surface area (TPSA) is 12.0 Å². The summed E-state index contributed by atoms with van der Waals surface area (Å²) in [5.74, 6) is -0.295. The molecule has 2 rings (SSSR count). The largest absolute Gasteiger partial charge is 0.311 e. The molecule has 1 aliphatic carbocycles. The quantitative estimate of drug-likeness (QED) is 0.869. The van der Waals surface area contributed by atoms with Gasteiger partial charge in [-0.15, -0.1) is 0 Å². The van der Waals surface area contributed by atoms with Gasteiger partial charge in [0.15, 0.2) is 0 Å². The van der Waals surface area contributed by atoms with E-state index in [1.165, 1.54) is 25.7 Å². The molecule has 1 aromatic rings. The molecule has 0 bridgehead atoms. The normalized spacial score (nSPS) is 18.2. The standard InChI is InChI=1S/C14H19ClFNS/c1-18-14(7-2-3-8-14)10-17-9-11-5-4-6-12(15)13(11)16/h4-6,17H,2-3,7-10H2,1H3. The minimum absolute atomic E-state index is 0.203. The van der Waals surface area contributed by atoms with Crippen LogP contribution >= 0.6 is 23.4 Å². The number of rotatable bonds is 5. The highest BCUT2D eigenvalue weighted by atomic mass is 35.5. The Bertz CT molecular complexity index is 405. The van der Waals surface area contributed by atoms with Crippen LogP contribution in [0.1, 0.15) is 31.2 Å². The summed E-state index contributed by atoms with van der Waals surface area (Å²) in [6.07, 6.45) is 7.33. The summed E-state index contributed by atoms with van der Waals surface area (Å²) in [4.78, 5) is 0. The Morgan fingerprint density at radius 3 is 2.78 bits per heavy atom. The molecule has 4 heteroatoms. The van der Waals surface area contributed by atoms with Gasteiger partial charge in [-0.1, -0.05) is 36.6 Å². The molecule has 0 spiro atoms. The van der Waals surface area contributed by atoms with Crippen LogP contribution in [0.25, 0.3) is 0 Å². The Hall–Kier alpha value is -0.250. The second-order valence-electron chi connectivity index (χ2n) is 4.91. The van der Waals surface area contributed by atoms with Gasteiger partial charge in [-0.3, -0.25) is 0 Å². The lowest BCUT2D eigenvalue weighted by Crippen LogP contribution is -2.34.